The quantitative estimate of drug-likeness (QED) is 0.667. The minimum atomic E-state index is 0.0491. The van der Waals surface area contributed by atoms with Crippen LogP contribution in [0, 0.1) is 0 Å². The number of carbonyl (C=O) groups excluding carboxylic acids is 1. The van der Waals surface area contributed by atoms with E-state index in [1.54, 1.807) is 23.1 Å². The van der Waals surface area contributed by atoms with E-state index in [9.17, 15) is 4.79 Å². The van der Waals surface area contributed by atoms with Crippen LogP contribution in [0.2, 0.25) is 5.02 Å². The molecule has 110 valence electrons. The third-order valence-corrected chi connectivity index (χ3v) is 4.30. The van der Waals surface area contributed by atoms with Crippen LogP contribution in [0.3, 0.4) is 0 Å². The van der Waals surface area contributed by atoms with Crippen molar-refractivity contribution >= 4 is 40.6 Å². The summed E-state index contributed by atoms with van der Waals surface area (Å²) in [6, 6.07) is 14.9. The summed E-state index contributed by atoms with van der Waals surface area (Å²) < 4.78 is 0. The van der Waals surface area contributed by atoms with E-state index in [0.29, 0.717) is 23.0 Å². The summed E-state index contributed by atoms with van der Waals surface area (Å²) in [4.78, 5) is 15.0. The molecule has 2 rings (SSSR count). The molecule has 0 saturated carbocycles. The van der Waals surface area contributed by atoms with E-state index in [1.807, 2.05) is 37.3 Å². The maximum Gasteiger partial charge on any atom is 0.237 e. The van der Waals surface area contributed by atoms with Gasteiger partial charge < -0.3 is 10.6 Å². The predicted octanol–water partition coefficient (Wildman–Crippen LogP) is 4.07. The number of nitrogens with zero attached hydrogens (tertiary/aromatic N) is 1. The number of carbonyl (C=O) groups is 1. The Morgan fingerprint density at radius 2 is 1.95 bits per heavy atom. The highest BCUT2D eigenvalue weighted by Gasteiger charge is 2.14. The Hall–Kier alpha value is -1.65. The summed E-state index contributed by atoms with van der Waals surface area (Å²) in [6.45, 7) is 2.59. The van der Waals surface area contributed by atoms with E-state index in [2.05, 4.69) is 0 Å². The molecule has 0 saturated heterocycles. The molecule has 2 N–H and O–H groups in total. The van der Waals surface area contributed by atoms with E-state index in [1.165, 1.54) is 11.8 Å². The summed E-state index contributed by atoms with van der Waals surface area (Å²) in [5.74, 6) is 0.376. The van der Waals surface area contributed by atoms with E-state index in [-0.39, 0.29) is 5.91 Å². The van der Waals surface area contributed by atoms with Crippen LogP contribution in [0.1, 0.15) is 6.92 Å². The Labute approximate surface area is 134 Å². The fourth-order valence-corrected chi connectivity index (χ4v) is 3.08. The first kappa shape index (κ1) is 15.7. The van der Waals surface area contributed by atoms with E-state index < -0.39 is 0 Å². The topological polar surface area (TPSA) is 46.3 Å². The highest BCUT2D eigenvalue weighted by atomic mass is 35.5. The van der Waals surface area contributed by atoms with Gasteiger partial charge in [-0.25, -0.2) is 0 Å². The molecule has 5 heteroatoms. The number of rotatable bonds is 5. The van der Waals surface area contributed by atoms with Crippen molar-refractivity contribution in [2.24, 2.45) is 0 Å². The molecule has 0 bridgehead atoms. The van der Waals surface area contributed by atoms with Gasteiger partial charge in [-0.05, 0) is 37.3 Å². The molecule has 1 amide bonds. The molecule has 21 heavy (non-hydrogen) atoms. The van der Waals surface area contributed by atoms with Crippen molar-refractivity contribution in [2.75, 3.05) is 22.9 Å². The molecular weight excluding hydrogens is 304 g/mol. The summed E-state index contributed by atoms with van der Waals surface area (Å²) in [6.07, 6.45) is 0. The third kappa shape index (κ3) is 4.16. The van der Waals surface area contributed by atoms with E-state index in [0.717, 1.165) is 10.6 Å². The SMILES string of the molecule is CCN(C(=O)CSc1cc(Cl)ccc1N)c1ccccc1. The number of benzene rings is 2. The van der Waals surface area contributed by atoms with Gasteiger partial charge in [0.2, 0.25) is 5.91 Å². The maximum absolute atomic E-state index is 12.4. The highest BCUT2D eigenvalue weighted by molar-refractivity contribution is 8.00. The Balaban J connectivity index is 2.05. The van der Waals surface area contributed by atoms with Gasteiger partial charge in [-0.3, -0.25) is 4.79 Å². The molecule has 0 fully saturated rings. The molecule has 0 aliphatic heterocycles. The van der Waals surface area contributed by atoms with Crippen molar-refractivity contribution in [3.63, 3.8) is 0 Å². The highest BCUT2D eigenvalue weighted by Crippen LogP contribution is 2.28. The molecule has 0 aliphatic rings. The lowest BCUT2D eigenvalue weighted by atomic mass is 10.3. The number of thioether (sulfide) groups is 1. The fourth-order valence-electron chi connectivity index (χ4n) is 1.96. The minimum absolute atomic E-state index is 0.0491. The Morgan fingerprint density at radius 3 is 2.62 bits per heavy atom. The largest absolute Gasteiger partial charge is 0.398 e. The lowest BCUT2D eigenvalue weighted by Gasteiger charge is -2.21. The second-order valence-corrected chi connectivity index (χ2v) is 5.90. The van der Waals surface area contributed by atoms with Gasteiger partial charge in [-0.2, -0.15) is 0 Å². The van der Waals surface area contributed by atoms with Gasteiger partial charge in [0.1, 0.15) is 0 Å². The monoisotopic (exact) mass is 320 g/mol. The molecule has 0 atom stereocenters. The zero-order chi connectivity index (χ0) is 15.2. The lowest BCUT2D eigenvalue weighted by Crippen LogP contribution is -2.32. The van der Waals surface area contributed by atoms with E-state index >= 15 is 0 Å². The van der Waals surface area contributed by atoms with Gasteiger partial charge in [-0.15, -0.1) is 11.8 Å². The molecular formula is C16H17ClN2OS. The van der Waals surface area contributed by atoms with Crippen LogP contribution in [-0.4, -0.2) is 18.2 Å². The first-order chi connectivity index (χ1) is 10.1. The smallest absolute Gasteiger partial charge is 0.237 e. The normalized spacial score (nSPS) is 10.4. The van der Waals surface area contributed by atoms with Crippen molar-refractivity contribution in [3.05, 3.63) is 53.6 Å². The number of nitrogen functional groups attached to an aromatic ring is 1. The predicted molar refractivity (Wildman–Crippen MR) is 91.1 cm³/mol. The summed E-state index contributed by atoms with van der Waals surface area (Å²) in [7, 11) is 0. The van der Waals surface area contributed by atoms with Gasteiger partial charge in [0.05, 0.1) is 5.75 Å². The first-order valence-corrected chi connectivity index (χ1v) is 8.01. The third-order valence-electron chi connectivity index (χ3n) is 3.01. The standard InChI is InChI=1S/C16H17ClN2OS/c1-2-19(13-6-4-3-5-7-13)16(20)11-21-15-10-12(17)8-9-14(15)18/h3-10H,2,11,18H2,1H3. The number of halogens is 1. The molecule has 2 aromatic carbocycles. The van der Waals surface area contributed by atoms with E-state index in [4.69, 9.17) is 17.3 Å². The van der Waals surface area contributed by atoms with Crippen molar-refractivity contribution in [1.82, 2.24) is 0 Å². The van der Waals surface area contributed by atoms with Gasteiger partial charge >= 0.3 is 0 Å². The molecule has 0 aromatic heterocycles. The number of hydrogen-bond donors (Lipinski definition) is 1. The zero-order valence-electron chi connectivity index (χ0n) is 11.8. The van der Waals surface area contributed by atoms with Crippen LogP contribution in [0.4, 0.5) is 11.4 Å². The molecule has 0 spiro atoms. The van der Waals surface area contributed by atoms with Crippen LogP contribution in [0.25, 0.3) is 0 Å². The first-order valence-electron chi connectivity index (χ1n) is 6.65. The summed E-state index contributed by atoms with van der Waals surface area (Å²) >= 11 is 7.36. The Kier molecular flexibility index (Phi) is 5.53. The van der Waals surface area contributed by atoms with Gasteiger partial charge in [0.15, 0.2) is 0 Å². The second-order valence-electron chi connectivity index (χ2n) is 4.44. The molecule has 0 unspecified atom stereocenters. The minimum Gasteiger partial charge on any atom is -0.398 e. The molecule has 0 aliphatic carbocycles. The number of anilines is 2. The molecule has 3 nitrogen and oxygen atoms in total. The van der Waals surface area contributed by atoms with Gasteiger partial charge in [0.25, 0.3) is 0 Å². The average molecular weight is 321 g/mol. The second kappa shape index (κ2) is 7.38. The summed E-state index contributed by atoms with van der Waals surface area (Å²) in [5.41, 5.74) is 7.44. The van der Waals surface area contributed by atoms with Crippen molar-refractivity contribution in [1.29, 1.82) is 0 Å². The molecule has 0 radical (unpaired) electrons. The Morgan fingerprint density at radius 1 is 1.24 bits per heavy atom. The molecule has 0 heterocycles. The van der Waals surface area contributed by atoms with Crippen LogP contribution >= 0.6 is 23.4 Å². The van der Waals surface area contributed by atoms with Crippen molar-refractivity contribution in [2.45, 2.75) is 11.8 Å². The maximum atomic E-state index is 12.4. The number of nitrogens with two attached hydrogens (primary N) is 1. The fraction of sp³-hybridized carbons (Fsp3) is 0.188. The van der Waals surface area contributed by atoms with Crippen LogP contribution < -0.4 is 10.6 Å². The zero-order valence-corrected chi connectivity index (χ0v) is 13.3. The lowest BCUT2D eigenvalue weighted by molar-refractivity contribution is -0.116. The number of amides is 1. The average Bonchev–Trinajstić information content (AvgIpc) is 2.50. The van der Waals surface area contributed by atoms with Crippen molar-refractivity contribution in [3.8, 4) is 0 Å². The van der Waals surface area contributed by atoms with Gasteiger partial charge in [0, 0.05) is 27.8 Å². The van der Waals surface area contributed by atoms with Crippen LogP contribution in [0.5, 0.6) is 0 Å². The van der Waals surface area contributed by atoms with Gasteiger partial charge in [-0.1, -0.05) is 29.8 Å². The number of hydrogen-bond acceptors (Lipinski definition) is 3. The summed E-state index contributed by atoms with van der Waals surface area (Å²) in [5, 5.41) is 0.620. The number of para-hydroxylation sites is 1. The van der Waals surface area contributed by atoms with Crippen molar-refractivity contribution < 1.29 is 4.79 Å². The van der Waals surface area contributed by atoms with Crippen LogP contribution in [0.15, 0.2) is 53.4 Å². The van der Waals surface area contributed by atoms with Crippen LogP contribution in [-0.2, 0) is 4.79 Å². The molecule has 2 aromatic rings. The Bertz CT molecular complexity index is 619.